The van der Waals surface area contributed by atoms with Crippen LogP contribution in [0.3, 0.4) is 0 Å². The van der Waals surface area contributed by atoms with Gasteiger partial charge in [-0.25, -0.2) is 8.78 Å². The quantitative estimate of drug-likeness (QED) is 0.837. The first-order valence-corrected chi connectivity index (χ1v) is 4.41. The van der Waals surface area contributed by atoms with Crippen molar-refractivity contribution < 1.29 is 8.78 Å². The third kappa shape index (κ3) is 2.13. The van der Waals surface area contributed by atoms with Gasteiger partial charge in [0, 0.05) is 18.3 Å². The molecule has 1 rings (SSSR count). The molecular formula is C10H8F2N4. The summed E-state index contributed by atoms with van der Waals surface area (Å²) < 4.78 is 25.5. The molecular weight excluding hydrogens is 214 g/mol. The van der Waals surface area contributed by atoms with Gasteiger partial charge in [-0.15, -0.1) is 0 Å². The van der Waals surface area contributed by atoms with E-state index in [1.165, 1.54) is 0 Å². The van der Waals surface area contributed by atoms with Crippen LogP contribution in [0.5, 0.6) is 0 Å². The summed E-state index contributed by atoms with van der Waals surface area (Å²) >= 11 is 0. The fourth-order valence-electron chi connectivity index (χ4n) is 1.40. The number of halogens is 2. The Balaban J connectivity index is 3.46. The van der Waals surface area contributed by atoms with Crippen molar-refractivity contribution in [3.8, 4) is 12.1 Å². The second-order valence-electron chi connectivity index (χ2n) is 2.96. The first kappa shape index (κ1) is 12.0. The summed E-state index contributed by atoms with van der Waals surface area (Å²) in [5, 5.41) is 17.2. The minimum Gasteiger partial charge on any atom is -0.326 e. The van der Waals surface area contributed by atoms with Crippen molar-refractivity contribution in [2.24, 2.45) is 5.73 Å². The van der Waals surface area contributed by atoms with E-state index in [0.717, 1.165) is 6.20 Å². The maximum absolute atomic E-state index is 12.8. The molecule has 1 aromatic heterocycles. The minimum absolute atomic E-state index is 0.0931. The van der Waals surface area contributed by atoms with E-state index in [9.17, 15) is 8.78 Å². The number of hydrogen-bond donors (Lipinski definition) is 1. The Morgan fingerprint density at radius 3 is 2.56 bits per heavy atom. The van der Waals surface area contributed by atoms with Crippen molar-refractivity contribution in [3.63, 3.8) is 0 Å². The van der Waals surface area contributed by atoms with Crippen LogP contribution in [-0.2, 0) is 13.0 Å². The molecule has 0 aliphatic rings. The smallest absolute Gasteiger partial charge is 0.265 e. The lowest BCUT2D eigenvalue weighted by molar-refractivity contribution is 0.149. The van der Waals surface area contributed by atoms with Crippen molar-refractivity contribution in [2.45, 2.75) is 19.4 Å². The van der Waals surface area contributed by atoms with Gasteiger partial charge in [-0.1, -0.05) is 0 Å². The van der Waals surface area contributed by atoms with E-state index < -0.39 is 12.0 Å². The summed E-state index contributed by atoms with van der Waals surface area (Å²) in [7, 11) is 0. The average Bonchev–Trinajstić information content (AvgIpc) is 2.28. The van der Waals surface area contributed by atoms with Gasteiger partial charge < -0.3 is 5.73 Å². The molecule has 0 unspecified atom stereocenters. The van der Waals surface area contributed by atoms with Gasteiger partial charge in [-0.2, -0.15) is 10.5 Å². The molecule has 16 heavy (non-hydrogen) atoms. The zero-order valence-corrected chi connectivity index (χ0v) is 8.24. The van der Waals surface area contributed by atoms with Crippen molar-refractivity contribution in [1.82, 2.24) is 4.98 Å². The zero-order chi connectivity index (χ0) is 12.1. The Morgan fingerprint density at radius 1 is 1.44 bits per heavy atom. The van der Waals surface area contributed by atoms with Crippen LogP contribution < -0.4 is 5.73 Å². The number of alkyl halides is 2. The Labute approximate surface area is 90.9 Å². The van der Waals surface area contributed by atoms with Gasteiger partial charge >= 0.3 is 0 Å². The highest BCUT2D eigenvalue weighted by atomic mass is 19.3. The lowest BCUT2D eigenvalue weighted by atomic mass is 10.0. The summed E-state index contributed by atoms with van der Waals surface area (Å²) in [6.07, 6.45) is -1.85. The highest BCUT2D eigenvalue weighted by Gasteiger charge is 2.20. The largest absolute Gasteiger partial charge is 0.326 e. The molecule has 0 saturated heterocycles. The molecule has 0 spiro atoms. The van der Waals surface area contributed by atoms with Crippen molar-refractivity contribution in [2.75, 3.05) is 0 Å². The van der Waals surface area contributed by atoms with Gasteiger partial charge in [-0.3, -0.25) is 4.98 Å². The molecule has 0 amide bonds. The molecule has 0 atom stereocenters. The van der Waals surface area contributed by atoms with Gasteiger partial charge in [-0.05, 0) is 5.56 Å². The van der Waals surface area contributed by atoms with Gasteiger partial charge in [0.25, 0.3) is 6.43 Å². The lowest BCUT2D eigenvalue weighted by Gasteiger charge is -2.11. The van der Waals surface area contributed by atoms with Crippen LogP contribution in [0.2, 0.25) is 0 Å². The average molecular weight is 222 g/mol. The van der Waals surface area contributed by atoms with Crippen LogP contribution >= 0.6 is 0 Å². The van der Waals surface area contributed by atoms with Crippen LogP contribution in [0.4, 0.5) is 8.78 Å². The highest BCUT2D eigenvalue weighted by Crippen LogP contribution is 2.27. The summed E-state index contributed by atoms with van der Waals surface area (Å²) in [4.78, 5) is 3.79. The Hall–Kier alpha value is -2.05. The number of hydrogen-bond acceptors (Lipinski definition) is 4. The SMILES string of the molecule is N#CCc1ncc(C#N)c(C(F)F)c1CN. The zero-order valence-electron chi connectivity index (χ0n) is 8.24. The highest BCUT2D eigenvalue weighted by molar-refractivity contribution is 5.44. The van der Waals surface area contributed by atoms with Gasteiger partial charge in [0.1, 0.15) is 6.07 Å². The number of rotatable bonds is 3. The molecule has 0 bridgehead atoms. The molecule has 0 fully saturated rings. The Morgan fingerprint density at radius 2 is 2.12 bits per heavy atom. The molecule has 0 aromatic carbocycles. The molecule has 1 aromatic rings. The van der Waals surface area contributed by atoms with Crippen molar-refractivity contribution in [3.05, 3.63) is 28.6 Å². The first-order valence-electron chi connectivity index (χ1n) is 4.41. The molecule has 82 valence electrons. The summed E-state index contributed by atoms with van der Waals surface area (Å²) in [6.45, 7) is -0.167. The van der Waals surface area contributed by atoms with E-state index in [1.54, 1.807) is 6.07 Å². The maximum atomic E-state index is 12.8. The lowest BCUT2D eigenvalue weighted by Crippen LogP contribution is -2.10. The first-order chi connectivity index (χ1) is 7.65. The predicted octanol–water partition coefficient (Wildman–Crippen LogP) is 1.42. The van der Waals surface area contributed by atoms with Gasteiger partial charge in [0.2, 0.25) is 0 Å². The second kappa shape index (κ2) is 5.15. The molecule has 2 N–H and O–H groups in total. The summed E-state index contributed by atoms with van der Waals surface area (Å²) in [5.41, 5.74) is 5.04. The minimum atomic E-state index is -2.80. The third-order valence-corrected chi connectivity index (χ3v) is 2.10. The predicted molar refractivity (Wildman–Crippen MR) is 51.1 cm³/mol. The van der Waals surface area contributed by atoms with Crippen LogP contribution in [-0.4, -0.2) is 4.98 Å². The van der Waals surface area contributed by atoms with E-state index in [-0.39, 0.29) is 29.8 Å². The van der Waals surface area contributed by atoms with E-state index >= 15 is 0 Å². The van der Waals surface area contributed by atoms with E-state index in [1.807, 2.05) is 6.07 Å². The number of aromatic nitrogens is 1. The van der Waals surface area contributed by atoms with E-state index in [4.69, 9.17) is 16.3 Å². The maximum Gasteiger partial charge on any atom is 0.265 e. The molecule has 0 radical (unpaired) electrons. The van der Waals surface area contributed by atoms with Crippen molar-refractivity contribution in [1.29, 1.82) is 10.5 Å². The third-order valence-electron chi connectivity index (χ3n) is 2.10. The molecule has 1 heterocycles. The Kier molecular flexibility index (Phi) is 3.87. The van der Waals surface area contributed by atoms with Crippen LogP contribution in [0.15, 0.2) is 6.20 Å². The normalized spacial score (nSPS) is 9.88. The van der Waals surface area contributed by atoms with Crippen LogP contribution in [0.1, 0.15) is 28.8 Å². The molecule has 6 heteroatoms. The number of nitrogens with zero attached hydrogens (tertiary/aromatic N) is 3. The van der Waals surface area contributed by atoms with Gasteiger partial charge in [0.15, 0.2) is 0 Å². The van der Waals surface area contributed by atoms with Crippen LogP contribution in [0, 0.1) is 22.7 Å². The number of nitriles is 2. The standard InChI is InChI=1S/C10H8F2N4/c11-10(12)9-6(3-14)5-16-8(1-2-13)7(9)4-15/h5,10H,1,4,15H2. The number of nitrogens with two attached hydrogens (primary N) is 1. The summed E-state index contributed by atoms with van der Waals surface area (Å²) in [6, 6.07) is 3.46. The fourth-order valence-corrected chi connectivity index (χ4v) is 1.40. The van der Waals surface area contributed by atoms with Crippen molar-refractivity contribution >= 4 is 0 Å². The monoisotopic (exact) mass is 222 g/mol. The van der Waals surface area contributed by atoms with E-state index in [0.29, 0.717) is 0 Å². The van der Waals surface area contributed by atoms with Crippen LogP contribution in [0.25, 0.3) is 0 Å². The molecule has 0 saturated carbocycles. The fraction of sp³-hybridized carbons (Fsp3) is 0.300. The molecule has 4 nitrogen and oxygen atoms in total. The van der Waals surface area contributed by atoms with E-state index in [2.05, 4.69) is 4.98 Å². The second-order valence-corrected chi connectivity index (χ2v) is 2.96. The van der Waals surface area contributed by atoms with Gasteiger partial charge in [0.05, 0.1) is 23.7 Å². The number of pyridine rings is 1. The summed E-state index contributed by atoms with van der Waals surface area (Å²) in [5.74, 6) is 0. The Bertz CT molecular complexity index is 471. The topological polar surface area (TPSA) is 86.5 Å². The molecule has 0 aliphatic carbocycles. The molecule has 0 aliphatic heterocycles.